The molecule has 2 heterocycles. The van der Waals surface area contributed by atoms with Crippen LogP contribution in [0.3, 0.4) is 0 Å². The summed E-state index contributed by atoms with van der Waals surface area (Å²) in [6.07, 6.45) is 1.31. The Hall–Kier alpha value is -3.42. The van der Waals surface area contributed by atoms with E-state index in [1.807, 2.05) is 0 Å². The summed E-state index contributed by atoms with van der Waals surface area (Å²) in [6, 6.07) is 9.52. The molecule has 0 bridgehead atoms. The molecule has 3 aromatic rings. The topological polar surface area (TPSA) is 103 Å². The van der Waals surface area contributed by atoms with Crippen molar-refractivity contribution in [2.24, 2.45) is 0 Å². The van der Waals surface area contributed by atoms with E-state index in [1.54, 1.807) is 24.3 Å². The van der Waals surface area contributed by atoms with Gasteiger partial charge in [-0.1, -0.05) is 12.1 Å². The molecule has 0 saturated carbocycles. The number of aromatic amines is 1. The van der Waals surface area contributed by atoms with Crippen LogP contribution in [0.4, 0.5) is 0 Å². The van der Waals surface area contributed by atoms with Gasteiger partial charge in [0.2, 0.25) is 0 Å². The maximum atomic E-state index is 12.1. The molecule has 8 heteroatoms. The van der Waals surface area contributed by atoms with Crippen LogP contribution in [0.1, 0.15) is 20.7 Å². The van der Waals surface area contributed by atoms with Gasteiger partial charge in [-0.15, -0.1) is 0 Å². The number of fused-ring (bicyclic) bond motifs is 1. The number of pyridine rings is 1. The molecule has 0 amide bonds. The van der Waals surface area contributed by atoms with Gasteiger partial charge in [0.05, 0.1) is 12.7 Å². The Balaban J connectivity index is 1.70. The average molecular weight is 327 g/mol. The highest BCUT2D eigenvalue weighted by Crippen LogP contribution is 2.13. The van der Waals surface area contributed by atoms with E-state index in [0.29, 0.717) is 17.0 Å². The summed E-state index contributed by atoms with van der Waals surface area (Å²) < 4.78 is 11.2. The fourth-order valence-electron chi connectivity index (χ4n) is 2.12. The van der Waals surface area contributed by atoms with Gasteiger partial charge in [0.15, 0.2) is 18.0 Å². The maximum Gasteiger partial charge on any atom is 0.347 e. The molecule has 0 radical (unpaired) electrons. The number of rotatable bonds is 5. The van der Waals surface area contributed by atoms with Crippen molar-refractivity contribution in [2.75, 3.05) is 13.7 Å². The molecule has 0 fully saturated rings. The van der Waals surface area contributed by atoms with Gasteiger partial charge in [-0.05, 0) is 24.3 Å². The lowest BCUT2D eigenvalue weighted by Gasteiger charge is -2.06. The SMILES string of the molecule is COc1cccc(C(=O)COC(=O)c2ccc3n[nH]c(=O)n3c2)c1. The van der Waals surface area contributed by atoms with Crippen molar-refractivity contribution in [3.05, 3.63) is 64.2 Å². The molecule has 8 nitrogen and oxygen atoms in total. The second-order valence-corrected chi connectivity index (χ2v) is 4.91. The number of nitrogens with zero attached hydrogens (tertiary/aromatic N) is 2. The van der Waals surface area contributed by atoms with Gasteiger partial charge in [-0.3, -0.25) is 4.79 Å². The number of esters is 1. The van der Waals surface area contributed by atoms with E-state index in [1.165, 1.54) is 29.8 Å². The van der Waals surface area contributed by atoms with Gasteiger partial charge < -0.3 is 9.47 Å². The van der Waals surface area contributed by atoms with Crippen molar-refractivity contribution in [3.8, 4) is 5.75 Å². The number of nitrogens with one attached hydrogen (secondary N) is 1. The number of hydrogen-bond acceptors (Lipinski definition) is 6. The lowest BCUT2D eigenvalue weighted by Crippen LogP contribution is -2.16. The number of ketones is 1. The average Bonchev–Trinajstić information content (AvgIpc) is 3.00. The third-order valence-electron chi connectivity index (χ3n) is 3.37. The second kappa shape index (κ2) is 6.37. The number of hydrogen-bond donors (Lipinski definition) is 1. The number of benzene rings is 1. The van der Waals surface area contributed by atoms with Gasteiger partial charge in [0.25, 0.3) is 0 Å². The fraction of sp³-hybridized carbons (Fsp3) is 0.125. The highest BCUT2D eigenvalue weighted by atomic mass is 16.5. The maximum absolute atomic E-state index is 12.1. The molecule has 0 atom stereocenters. The summed E-state index contributed by atoms with van der Waals surface area (Å²) in [4.78, 5) is 35.6. The molecule has 0 aliphatic heterocycles. The summed E-state index contributed by atoms with van der Waals surface area (Å²) in [5, 5.41) is 6.02. The largest absolute Gasteiger partial charge is 0.497 e. The lowest BCUT2D eigenvalue weighted by molar-refractivity contribution is 0.0474. The third kappa shape index (κ3) is 3.02. The Morgan fingerprint density at radius 2 is 2.04 bits per heavy atom. The van der Waals surface area contributed by atoms with Crippen LogP contribution in [0.2, 0.25) is 0 Å². The van der Waals surface area contributed by atoms with Gasteiger partial charge in [0.1, 0.15) is 5.75 Å². The molecule has 122 valence electrons. The fourth-order valence-corrected chi connectivity index (χ4v) is 2.12. The van der Waals surface area contributed by atoms with Crippen molar-refractivity contribution in [2.45, 2.75) is 0 Å². The van der Waals surface area contributed by atoms with Gasteiger partial charge in [-0.25, -0.2) is 19.1 Å². The number of ether oxygens (including phenoxy) is 2. The Morgan fingerprint density at radius 3 is 2.83 bits per heavy atom. The molecule has 1 N–H and O–H groups in total. The van der Waals surface area contributed by atoms with Crippen molar-refractivity contribution < 1.29 is 19.1 Å². The molecule has 24 heavy (non-hydrogen) atoms. The summed E-state index contributed by atoms with van der Waals surface area (Å²) in [7, 11) is 1.50. The Morgan fingerprint density at radius 1 is 1.21 bits per heavy atom. The van der Waals surface area contributed by atoms with Crippen LogP contribution in [0.15, 0.2) is 47.4 Å². The van der Waals surface area contributed by atoms with Crippen molar-refractivity contribution >= 4 is 17.4 Å². The quantitative estimate of drug-likeness (QED) is 0.555. The number of carbonyl (C=O) groups excluding carboxylic acids is 2. The van der Waals surface area contributed by atoms with Crippen LogP contribution in [0, 0.1) is 0 Å². The molecule has 0 aliphatic rings. The molecule has 2 aromatic heterocycles. The Labute approximate surface area is 135 Å². The highest BCUT2D eigenvalue weighted by Gasteiger charge is 2.13. The lowest BCUT2D eigenvalue weighted by atomic mass is 10.1. The molecule has 0 aliphatic carbocycles. The monoisotopic (exact) mass is 327 g/mol. The first-order valence-electron chi connectivity index (χ1n) is 6.99. The van der Waals surface area contributed by atoms with Crippen LogP contribution in [-0.2, 0) is 4.74 Å². The molecule has 3 rings (SSSR count). The Bertz CT molecular complexity index is 973. The predicted octanol–water partition coefficient (Wildman–Crippen LogP) is 1.07. The third-order valence-corrected chi connectivity index (χ3v) is 3.37. The zero-order valence-corrected chi connectivity index (χ0v) is 12.7. The summed E-state index contributed by atoms with van der Waals surface area (Å²) in [5.41, 5.74) is 0.434. The van der Waals surface area contributed by atoms with Crippen LogP contribution < -0.4 is 10.4 Å². The normalized spacial score (nSPS) is 10.5. The van der Waals surface area contributed by atoms with Crippen molar-refractivity contribution in [1.29, 1.82) is 0 Å². The first kappa shape index (κ1) is 15.5. The molecule has 0 spiro atoms. The second-order valence-electron chi connectivity index (χ2n) is 4.91. The molecule has 1 aromatic carbocycles. The van der Waals surface area contributed by atoms with Crippen molar-refractivity contribution in [3.63, 3.8) is 0 Å². The highest BCUT2D eigenvalue weighted by molar-refractivity contribution is 5.99. The van der Waals surface area contributed by atoms with Crippen LogP contribution in [0.25, 0.3) is 5.65 Å². The minimum Gasteiger partial charge on any atom is -0.497 e. The summed E-state index contributed by atoms with van der Waals surface area (Å²) in [6.45, 7) is -0.412. The van der Waals surface area contributed by atoms with Crippen LogP contribution in [-0.4, -0.2) is 40.1 Å². The smallest absolute Gasteiger partial charge is 0.347 e. The first-order chi connectivity index (χ1) is 11.6. The van der Waals surface area contributed by atoms with Crippen LogP contribution >= 0.6 is 0 Å². The first-order valence-corrected chi connectivity index (χ1v) is 6.99. The minimum atomic E-state index is -0.707. The number of Topliss-reactive ketones (excluding diaryl/α,β-unsaturated/α-hetero) is 1. The van der Waals surface area contributed by atoms with Gasteiger partial charge in [-0.2, -0.15) is 5.10 Å². The summed E-state index contributed by atoms with van der Waals surface area (Å²) >= 11 is 0. The van der Waals surface area contributed by atoms with E-state index in [2.05, 4.69) is 10.2 Å². The van der Waals surface area contributed by atoms with E-state index in [4.69, 9.17) is 9.47 Å². The summed E-state index contributed by atoms with van der Waals surface area (Å²) in [5.74, 6) is -0.526. The minimum absolute atomic E-state index is 0.143. The van der Waals surface area contributed by atoms with E-state index < -0.39 is 18.3 Å². The van der Waals surface area contributed by atoms with Gasteiger partial charge >= 0.3 is 11.7 Å². The van der Waals surface area contributed by atoms with E-state index >= 15 is 0 Å². The molecule has 0 saturated heterocycles. The zero-order chi connectivity index (χ0) is 17.1. The number of H-pyrrole nitrogens is 1. The molecular formula is C16H13N3O5. The number of methoxy groups -OCH3 is 1. The number of aromatic nitrogens is 3. The van der Waals surface area contributed by atoms with Crippen molar-refractivity contribution in [1.82, 2.24) is 14.6 Å². The van der Waals surface area contributed by atoms with E-state index in [0.717, 1.165) is 0 Å². The molecular weight excluding hydrogens is 314 g/mol. The van der Waals surface area contributed by atoms with E-state index in [-0.39, 0.29) is 11.3 Å². The van der Waals surface area contributed by atoms with E-state index in [9.17, 15) is 14.4 Å². The molecule has 0 unspecified atom stereocenters. The van der Waals surface area contributed by atoms with Gasteiger partial charge in [0, 0.05) is 11.8 Å². The predicted molar refractivity (Wildman–Crippen MR) is 83.4 cm³/mol. The van der Waals surface area contributed by atoms with Crippen LogP contribution in [0.5, 0.6) is 5.75 Å². The zero-order valence-electron chi connectivity index (χ0n) is 12.7. The Kier molecular flexibility index (Phi) is 4.11. The number of carbonyl (C=O) groups is 2. The standard InChI is InChI=1S/C16H13N3O5/c1-23-12-4-2-3-10(7-12)13(20)9-24-15(21)11-5-6-14-17-18-16(22)19(14)8-11/h2-8H,9H2,1H3,(H,18,22).